The molecule has 0 aromatic rings. The zero-order chi connectivity index (χ0) is 39.7. The molecule has 6 heteroatoms. The lowest BCUT2D eigenvalue weighted by atomic mass is 9.99. The molecule has 0 aromatic carbocycles. The molecular weight excluding hydrogens is 669 g/mol. The van der Waals surface area contributed by atoms with Gasteiger partial charge in [0.25, 0.3) is 0 Å². The molecule has 0 heterocycles. The van der Waals surface area contributed by atoms with E-state index in [9.17, 15) is 9.59 Å². The molecule has 0 spiro atoms. The van der Waals surface area contributed by atoms with E-state index in [1.807, 2.05) is 28.2 Å². The van der Waals surface area contributed by atoms with Crippen molar-refractivity contribution in [1.82, 2.24) is 9.80 Å². The summed E-state index contributed by atoms with van der Waals surface area (Å²) < 4.78 is 12.3. The highest BCUT2D eigenvalue weighted by atomic mass is 16.6. The SMILES string of the molecule is CCCCC/C=C\C/C=C\CCCCCCCC(OC(=O)CCCN(C)C)C(CCCCCCC/C=C\C/C=C\CCCCC)OC(=O)CCCN(C)C. The maximum Gasteiger partial charge on any atom is 0.306 e. The van der Waals surface area contributed by atoms with Crippen molar-refractivity contribution in [3.05, 3.63) is 48.6 Å². The van der Waals surface area contributed by atoms with Crippen LogP contribution in [0.5, 0.6) is 0 Å². The molecule has 0 aliphatic rings. The number of allylic oxidation sites excluding steroid dienone is 8. The maximum absolute atomic E-state index is 13.0. The Morgan fingerprint density at radius 1 is 0.426 bits per heavy atom. The molecule has 0 N–H and O–H groups in total. The minimum Gasteiger partial charge on any atom is -0.458 e. The Hall–Kier alpha value is -2.18. The molecular formula is C48H88N2O4. The van der Waals surface area contributed by atoms with Crippen LogP contribution in [0.1, 0.15) is 194 Å². The smallest absolute Gasteiger partial charge is 0.306 e. The van der Waals surface area contributed by atoms with Gasteiger partial charge in [0.05, 0.1) is 0 Å². The van der Waals surface area contributed by atoms with Crippen LogP contribution in [0, 0.1) is 0 Å². The van der Waals surface area contributed by atoms with Gasteiger partial charge in [-0.2, -0.15) is 0 Å². The Labute approximate surface area is 335 Å². The predicted octanol–water partition coefficient (Wildman–Crippen LogP) is 13.1. The van der Waals surface area contributed by atoms with Crippen LogP contribution in [0.15, 0.2) is 48.6 Å². The molecule has 6 nitrogen and oxygen atoms in total. The molecule has 0 aliphatic carbocycles. The summed E-state index contributed by atoms with van der Waals surface area (Å²) in [6, 6.07) is 0. The largest absolute Gasteiger partial charge is 0.458 e. The van der Waals surface area contributed by atoms with Gasteiger partial charge in [-0.05, 0) is 144 Å². The molecule has 0 bridgehead atoms. The highest BCUT2D eigenvalue weighted by Gasteiger charge is 2.28. The second-order valence-electron chi connectivity index (χ2n) is 15.9. The average molecular weight is 757 g/mol. The highest BCUT2D eigenvalue weighted by Crippen LogP contribution is 2.22. The van der Waals surface area contributed by atoms with Crippen LogP contribution < -0.4 is 0 Å². The minimum absolute atomic E-state index is 0.168. The van der Waals surface area contributed by atoms with Gasteiger partial charge in [0.1, 0.15) is 12.2 Å². The van der Waals surface area contributed by atoms with Crippen molar-refractivity contribution in [3.8, 4) is 0 Å². The summed E-state index contributed by atoms with van der Waals surface area (Å²) in [5.41, 5.74) is 0. The van der Waals surface area contributed by atoms with E-state index in [2.05, 4.69) is 72.3 Å². The summed E-state index contributed by atoms with van der Waals surface area (Å²) in [4.78, 5) is 30.3. The summed E-state index contributed by atoms with van der Waals surface area (Å²) in [5, 5.41) is 0. The van der Waals surface area contributed by atoms with Crippen LogP contribution in [0.2, 0.25) is 0 Å². The molecule has 0 fully saturated rings. The number of nitrogens with zero attached hydrogens (tertiary/aromatic N) is 2. The fraction of sp³-hybridized carbons (Fsp3) is 0.792. The zero-order valence-corrected chi connectivity index (χ0v) is 36.5. The lowest BCUT2D eigenvalue weighted by Gasteiger charge is -2.28. The van der Waals surface area contributed by atoms with Crippen molar-refractivity contribution in [2.45, 2.75) is 206 Å². The fourth-order valence-corrected chi connectivity index (χ4v) is 6.49. The summed E-state index contributed by atoms with van der Waals surface area (Å²) in [6.45, 7) is 6.20. The maximum atomic E-state index is 13.0. The predicted molar refractivity (Wildman–Crippen MR) is 234 cm³/mol. The zero-order valence-electron chi connectivity index (χ0n) is 36.5. The first-order chi connectivity index (χ1) is 26.3. The first-order valence-corrected chi connectivity index (χ1v) is 22.6. The van der Waals surface area contributed by atoms with Crippen molar-refractivity contribution in [2.75, 3.05) is 41.3 Å². The van der Waals surface area contributed by atoms with Gasteiger partial charge >= 0.3 is 11.9 Å². The van der Waals surface area contributed by atoms with Gasteiger partial charge < -0.3 is 19.3 Å². The minimum atomic E-state index is -0.376. The number of ether oxygens (including phenoxy) is 2. The number of esters is 2. The van der Waals surface area contributed by atoms with Crippen LogP contribution in [0.3, 0.4) is 0 Å². The molecule has 0 rings (SSSR count). The van der Waals surface area contributed by atoms with Crippen LogP contribution >= 0.6 is 0 Å². The van der Waals surface area contributed by atoms with Crippen molar-refractivity contribution >= 4 is 11.9 Å². The van der Waals surface area contributed by atoms with E-state index in [1.54, 1.807) is 0 Å². The Kier molecular flexibility index (Phi) is 38.8. The topological polar surface area (TPSA) is 59.1 Å². The number of carbonyl (C=O) groups excluding carboxylic acids is 2. The van der Waals surface area contributed by atoms with E-state index in [-0.39, 0.29) is 24.1 Å². The molecule has 54 heavy (non-hydrogen) atoms. The molecule has 0 amide bonds. The van der Waals surface area contributed by atoms with E-state index in [1.165, 1.54) is 89.9 Å². The number of hydrogen-bond donors (Lipinski definition) is 0. The Morgan fingerprint density at radius 2 is 0.741 bits per heavy atom. The van der Waals surface area contributed by atoms with E-state index in [0.29, 0.717) is 12.8 Å². The quantitative estimate of drug-likeness (QED) is 0.0354. The van der Waals surface area contributed by atoms with Crippen LogP contribution in [0.25, 0.3) is 0 Å². The van der Waals surface area contributed by atoms with Gasteiger partial charge in [-0.15, -0.1) is 0 Å². The Morgan fingerprint density at radius 3 is 1.07 bits per heavy atom. The number of hydrogen-bond acceptors (Lipinski definition) is 6. The lowest BCUT2D eigenvalue weighted by molar-refractivity contribution is -0.169. The molecule has 0 aliphatic heterocycles. The van der Waals surface area contributed by atoms with E-state index in [4.69, 9.17) is 9.47 Å². The summed E-state index contributed by atoms with van der Waals surface area (Å²) in [7, 11) is 8.09. The first-order valence-electron chi connectivity index (χ1n) is 22.6. The third-order valence-corrected chi connectivity index (χ3v) is 9.83. The lowest BCUT2D eigenvalue weighted by Crippen LogP contribution is -2.36. The normalized spacial score (nSPS) is 13.4. The fourth-order valence-electron chi connectivity index (χ4n) is 6.49. The molecule has 0 saturated heterocycles. The van der Waals surface area contributed by atoms with E-state index in [0.717, 1.165) is 90.1 Å². The second-order valence-corrected chi connectivity index (χ2v) is 15.9. The molecule has 0 saturated carbocycles. The van der Waals surface area contributed by atoms with Crippen molar-refractivity contribution in [1.29, 1.82) is 0 Å². The summed E-state index contributed by atoms with van der Waals surface area (Å²) in [6.07, 6.45) is 47.5. The van der Waals surface area contributed by atoms with E-state index >= 15 is 0 Å². The molecule has 0 radical (unpaired) electrons. The van der Waals surface area contributed by atoms with Crippen LogP contribution in [-0.4, -0.2) is 75.2 Å². The molecule has 2 atom stereocenters. The summed E-state index contributed by atoms with van der Waals surface area (Å²) in [5.74, 6) is -0.337. The monoisotopic (exact) mass is 757 g/mol. The first kappa shape index (κ1) is 51.8. The van der Waals surface area contributed by atoms with Gasteiger partial charge in [-0.25, -0.2) is 0 Å². The van der Waals surface area contributed by atoms with Crippen LogP contribution in [-0.2, 0) is 19.1 Å². The third-order valence-electron chi connectivity index (χ3n) is 9.83. The van der Waals surface area contributed by atoms with Gasteiger partial charge in [-0.3, -0.25) is 9.59 Å². The summed E-state index contributed by atoms with van der Waals surface area (Å²) >= 11 is 0. The van der Waals surface area contributed by atoms with Gasteiger partial charge in [0, 0.05) is 12.8 Å². The standard InChI is InChI=1S/C48H88N2O4/c1-7-9-11-13-15-17-19-21-23-25-27-29-31-33-35-39-45(53-47(51)41-37-43-49(3)4)46(54-48(52)42-38-44-50(5)6)40-36-34-32-30-28-26-24-22-20-18-16-14-12-10-8-2/h15-18,21-24,45-46H,7-14,19-20,25-44H2,1-6H3/b17-15-,18-16-,23-21-,24-22-. The van der Waals surface area contributed by atoms with Gasteiger partial charge in [0.2, 0.25) is 0 Å². The van der Waals surface area contributed by atoms with Gasteiger partial charge in [0.15, 0.2) is 0 Å². The highest BCUT2D eigenvalue weighted by molar-refractivity contribution is 5.70. The average Bonchev–Trinajstić information content (AvgIpc) is 3.13. The van der Waals surface area contributed by atoms with Crippen LogP contribution in [0.4, 0.5) is 0 Å². The Balaban J connectivity index is 4.97. The van der Waals surface area contributed by atoms with Crippen molar-refractivity contribution in [2.24, 2.45) is 0 Å². The van der Waals surface area contributed by atoms with Crippen molar-refractivity contribution in [3.63, 3.8) is 0 Å². The van der Waals surface area contributed by atoms with E-state index < -0.39 is 0 Å². The molecule has 2 unspecified atom stereocenters. The number of carbonyl (C=O) groups is 2. The molecule has 314 valence electrons. The van der Waals surface area contributed by atoms with Crippen molar-refractivity contribution < 1.29 is 19.1 Å². The molecule has 0 aromatic heterocycles. The number of rotatable bonds is 39. The third kappa shape index (κ3) is 38.1. The Bertz CT molecular complexity index is 878. The number of unbranched alkanes of at least 4 members (excludes halogenated alkanes) is 16. The van der Waals surface area contributed by atoms with Gasteiger partial charge in [-0.1, -0.05) is 127 Å². The second kappa shape index (κ2) is 40.5.